The number of β-amino-alcohol motifs (C(OH)–C–C–N with tert-alkyl or cyclic N) is 1. The van der Waals surface area contributed by atoms with Gasteiger partial charge in [0.1, 0.15) is 0 Å². The van der Waals surface area contributed by atoms with Gasteiger partial charge < -0.3 is 10.0 Å². The fraction of sp³-hybridized carbons (Fsp3) is 0.667. The van der Waals surface area contributed by atoms with E-state index in [0.717, 1.165) is 31.1 Å². The number of hydrogen-bond donors (Lipinski definition) is 1. The SMILES string of the molecule is CCCC1CCN(CC(O)c2c(C)cc(C)cc2C)C1. The van der Waals surface area contributed by atoms with Gasteiger partial charge in [-0.05, 0) is 62.8 Å². The van der Waals surface area contributed by atoms with Gasteiger partial charge in [0.2, 0.25) is 0 Å². The van der Waals surface area contributed by atoms with Gasteiger partial charge in [-0.3, -0.25) is 0 Å². The first-order valence-corrected chi connectivity index (χ1v) is 7.99. The molecule has 20 heavy (non-hydrogen) atoms. The van der Waals surface area contributed by atoms with E-state index in [1.54, 1.807) is 0 Å². The molecular formula is C18H29NO. The molecule has 0 aromatic heterocycles. The molecule has 1 fully saturated rings. The van der Waals surface area contributed by atoms with Crippen LogP contribution in [0.2, 0.25) is 0 Å². The second-order valence-electron chi connectivity index (χ2n) is 6.53. The smallest absolute Gasteiger partial charge is 0.0922 e. The van der Waals surface area contributed by atoms with Crippen molar-refractivity contribution in [2.24, 2.45) is 5.92 Å². The first kappa shape index (κ1) is 15.5. The van der Waals surface area contributed by atoms with Crippen molar-refractivity contribution in [2.45, 2.75) is 53.1 Å². The second-order valence-corrected chi connectivity index (χ2v) is 6.53. The van der Waals surface area contributed by atoms with E-state index in [1.807, 2.05) is 0 Å². The van der Waals surface area contributed by atoms with E-state index in [2.05, 4.69) is 44.7 Å². The largest absolute Gasteiger partial charge is 0.387 e. The summed E-state index contributed by atoms with van der Waals surface area (Å²) in [7, 11) is 0. The molecule has 2 atom stereocenters. The van der Waals surface area contributed by atoms with E-state index in [1.165, 1.54) is 36.0 Å². The molecule has 1 aliphatic rings. The van der Waals surface area contributed by atoms with E-state index < -0.39 is 0 Å². The highest BCUT2D eigenvalue weighted by atomic mass is 16.3. The van der Waals surface area contributed by atoms with Crippen molar-refractivity contribution >= 4 is 0 Å². The quantitative estimate of drug-likeness (QED) is 0.884. The number of aliphatic hydroxyl groups is 1. The van der Waals surface area contributed by atoms with Crippen molar-refractivity contribution in [1.29, 1.82) is 0 Å². The topological polar surface area (TPSA) is 23.5 Å². The molecule has 1 saturated heterocycles. The molecule has 2 rings (SSSR count). The van der Waals surface area contributed by atoms with Gasteiger partial charge in [-0.1, -0.05) is 31.0 Å². The molecule has 0 aliphatic carbocycles. The molecule has 0 radical (unpaired) electrons. The summed E-state index contributed by atoms with van der Waals surface area (Å²) in [6, 6.07) is 4.35. The molecule has 112 valence electrons. The Morgan fingerprint density at radius 1 is 1.25 bits per heavy atom. The van der Waals surface area contributed by atoms with Gasteiger partial charge in [0.25, 0.3) is 0 Å². The third-order valence-electron chi connectivity index (χ3n) is 4.57. The van der Waals surface area contributed by atoms with E-state index in [4.69, 9.17) is 0 Å². The maximum atomic E-state index is 10.6. The normalized spacial score (nSPS) is 21.4. The van der Waals surface area contributed by atoms with E-state index in [0.29, 0.717) is 0 Å². The third-order valence-corrected chi connectivity index (χ3v) is 4.57. The number of benzene rings is 1. The van der Waals surface area contributed by atoms with Crippen LogP contribution in [0.4, 0.5) is 0 Å². The summed E-state index contributed by atoms with van der Waals surface area (Å²) in [4.78, 5) is 2.43. The first-order valence-electron chi connectivity index (χ1n) is 7.99. The highest BCUT2D eigenvalue weighted by Gasteiger charge is 2.24. The number of nitrogens with zero attached hydrogens (tertiary/aromatic N) is 1. The Morgan fingerprint density at radius 3 is 2.50 bits per heavy atom. The summed E-state index contributed by atoms with van der Waals surface area (Å²) in [6.07, 6.45) is 3.55. The van der Waals surface area contributed by atoms with Gasteiger partial charge in [0.15, 0.2) is 0 Å². The molecule has 1 aromatic rings. The van der Waals surface area contributed by atoms with Crippen molar-refractivity contribution in [3.8, 4) is 0 Å². The maximum absolute atomic E-state index is 10.6. The lowest BCUT2D eigenvalue weighted by Crippen LogP contribution is -2.27. The molecule has 2 heteroatoms. The average Bonchev–Trinajstić information content (AvgIpc) is 2.75. The Balaban J connectivity index is 2.01. The number of rotatable bonds is 5. The van der Waals surface area contributed by atoms with Gasteiger partial charge in [-0.15, -0.1) is 0 Å². The highest BCUT2D eigenvalue weighted by molar-refractivity contribution is 5.39. The average molecular weight is 275 g/mol. The molecule has 1 aromatic carbocycles. The van der Waals surface area contributed by atoms with Crippen molar-refractivity contribution in [3.05, 3.63) is 34.4 Å². The Hall–Kier alpha value is -0.860. The number of aliphatic hydroxyl groups excluding tert-OH is 1. The predicted octanol–water partition coefficient (Wildman–Crippen LogP) is 3.77. The second kappa shape index (κ2) is 6.73. The molecule has 1 heterocycles. The van der Waals surface area contributed by atoms with Crippen LogP contribution in [0.15, 0.2) is 12.1 Å². The molecule has 1 N–H and O–H groups in total. The van der Waals surface area contributed by atoms with Gasteiger partial charge in [0, 0.05) is 13.1 Å². The van der Waals surface area contributed by atoms with Crippen molar-refractivity contribution in [2.75, 3.05) is 19.6 Å². The van der Waals surface area contributed by atoms with E-state index in [-0.39, 0.29) is 6.10 Å². The van der Waals surface area contributed by atoms with Crippen LogP contribution in [0.25, 0.3) is 0 Å². The van der Waals surface area contributed by atoms with Crippen LogP contribution in [0, 0.1) is 26.7 Å². The maximum Gasteiger partial charge on any atom is 0.0922 e. The zero-order valence-electron chi connectivity index (χ0n) is 13.4. The van der Waals surface area contributed by atoms with Gasteiger partial charge in [-0.25, -0.2) is 0 Å². The lowest BCUT2D eigenvalue weighted by molar-refractivity contribution is 0.123. The fourth-order valence-corrected chi connectivity index (χ4v) is 3.78. The van der Waals surface area contributed by atoms with Gasteiger partial charge >= 0.3 is 0 Å². The number of likely N-dealkylation sites (tertiary alicyclic amines) is 1. The van der Waals surface area contributed by atoms with Crippen LogP contribution in [-0.4, -0.2) is 29.6 Å². The number of hydrogen-bond acceptors (Lipinski definition) is 2. The summed E-state index contributed by atoms with van der Waals surface area (Å²) in [5.74, 6) is 0.840. The summed E-state index contributed by atoms with van der Waals surface area (Å²) >= 11 is 0. The molecule has 1 aliphatic heterocycles. The monoisotopic (exact) mass is 275 g/mol. The van der Waals surface area contributed by atoms with Gasteiger partial charge in [-0.2, -0.15) is 0 Å². The molecule has 2 nitrogen and oxygen atoms in total. The minimum atomic E-state index is -0.351. The summed E-state index contributed by atoms with van der Waals surface area (Å²) < 4.78 is 0. The Labute approximate surface area is 123 Å². The van der Waals surface area contributed by atoms with Crippen molar-refractivity contribution < 1.29 is 5.11 Å². The Bertz CT molecular complexity index is 432. The Morgan fingerprint density at radius 2 is 1.90 bits per heavy atom. The van der Waals surface area contributed by atoms with Crippen molar-refractivity contribution in [3.63, 3.8) is 0 Å². The summed E-state index contributed by atoms with van der Waals surface area (Å²) in [5, 5.41) is 10.6. The summed E-state index contributed by atoms with van der Waals surface area (Å²) in [5.41, 5.74) is 4.85. The molecule has 2 unspecified atom stereocenters. The van der Waals surface area contributed by atoms with Crippen LogP contribution < -0.4 is 0 Å². The molecular weight excluding hydrogens is 246 g/mol. The lowest BCUT2D eigenvalue weighted by atomic mass is 9.95. The zero-order chi connectivity index (χ0) is 14.7. The van der Waals surface area contributed by atoms with Crippen LogP contribution in [0.1, 0.15) is 54.5 Å². The third kappa shape index (κ3) is 3.62. The van der Waals surface area contributed by atoms with Crippen LogP contribution in [0.3, 0.4) is 0 Å². The number of aryl methyl sites for hydroxylation is 3. The lowest BCUT2D eigenvalue weighted by Gasteiger charge is -2.23. The minimum absolute atomic E-state index is 0.351. The predicted molar refractivity (Wildman–Crippen MR) is 85.1 cm³/mol. The summed E-state index contributed by atoms with van der Waals surface area (Å²) in [6.45, 7) is 11.7. The van der Waals surface area contributed by atoms with E-state index >= 15 is 0 Å². The zero-order valence-corrected chi connectivity index (χ0v) is 13.4. The Kier molecular flexibility index (Phi) is 5.22. The fourth-order valence-electron chi connectivity index (χ4n) is 3.78. The first-order chi connectivity index (χ1) is 9.51. The minimum Gasteiger partial charge on any atom is -0.387 e. The van der Waals surface area contributed by atoms with Crippen LogP contribution >= 0.6 is 0 Å². The molecule has 0 spiro atoms. The van der Waals surface area contributed by atoms with Gasteiger partial charge in [0.05, 0.1) is 6.10 Å². The molecule has 0 bridgehead atoms. The molecule has 0 saturated carbocycles. The van der Waals surface area contributed by atoms with Crippen molar-refractivity contribution in [1.82, 2.24) is 4.90 Å². The van der Waals surface area contributed by atoms with Crippen LogP contribution in [0.5, 0.6) is 0 Å². The van der Waals surface area contributed by atoms with Crippen LogP contribution in [-0.2, 0) is 0 Å². The highest BCUT2D eigenvalue weighted by Crippen LogP contribution is 2.27. The standard InChI is InChI=1S/C18H29NO/c1-5-6-16-7-8-19(11-16)12-17(20)18-14(3)9-13(2)10-15(18)4/h9-10,16-17,20H,5-8,11-12H2,1-4H3. The molecule has 0 amide bonds. The van der Waals surface area contributed by atoms with E-state index in [9.17, 15) is 5.11 Å².